The number of carbonyl (C=O) groups excluding carboxylic acids is 1. The van der Waals surface area contributed by atoms with E-state index in [1.54, 1.807) is 0 Å². The van der Waals surface area contributed by atoms with Crippen LogP contribution in [0.1, 0.15) is 76.5 Å². The molecule has 0 radical (unpaired) electrons. The van der Waals surface area contributed by atoms with Crippen molar-refractivity contribution >= 4 is 11.6 Å². The van der Waals surface area contributed by atoms with Crippen LogP contribution >= 0.6 is 0 Å². The van der Waals surface area contributed by atoms with E-state index in [0.29, 0.717) is 5.92 Å². The van der Waals surface area contributed by atoms with Gasteiger partial charge in [-0.05, 0) is 36.7 Å². The number of amides is 1. The molecule has 4 nitrogen and oxygen atoms in total. The highest BCUT2D eigenvalue weighted by Crippen LogP contribution is 2.45. The zero-order chi connectivity index (χ0) is 18.3. The maximum Gasteiger partial charge on any atom is 0.227 e. The van der Waals surface area contributed by atoms with Crippen LogP contribution in [0.15, 0.2) is 24.3 Å². The third kappa shape index (κ3) is 3.42. The number of rotatable bonds is 4. The summed E-state index contributed by atoms with van der Waals surface area (Å²) in [6.45, 7) is 6.65. The third-order valence-corrected chi connectivity index (χ3v) is 5.78. The average molecular weight is 351 g/mol. The summed E-state index contributed by atoms with van der Waals surface area (Å²) in [4.78, 5) is 12.7. The number of anilines is 1. The van der Waals surface area contributed by atoms with Crippen LogP contribution < -0.4 is 5.32 Å². The molecule has 2 N–H and O–H groups in total. The fourth-order valence-electron chi connectivity index (χ4n) is 3.90. The molecule has 0 unspecified atom stereocenters. The van der Waals surface area contributed by atoms with Crippen LogP contribution in [0, 0.1) is 5.92 Å². The number of carbonyl (C=O) groups is 1. The first kappa shape index (κ1) is 17.3. The van der Waals surface area contributed by atoms with Crippen molar-refractivity contribution in [1.29, 1.82) is 0 Å². The van der Waals surface area contributed by atoms with E-state index in [4.69, 9.17) is 0 Å². The van der Waals surface area contributed by atoms with Crippen molar-refractivity contribution < 1.29 is 4.79 Å². The molecule has 26 heavy (non-hydrogen) atoms. The summed E-state index contributed by atoms with van der Waals surface area (Å²) in [5.74, 6) is 0.843. The van der Waals surface area contributed by atoms with Crippen molar-refractivity contribution in [3.63, 3.8) is 0 Å². The molecule has 0 atom stereocenters. The van der Waals surface area contributed by atoms with Gasteiger partial charge in [-0.25, -0.2) is 0 Å². The number of H-pyrrole nitrogens is 1. The van der Waals surface area contributed by atoms with Crippen molar-refractivity contribution in [2.24, 2.45) is 5.92 Å². The first-order valence-corrected chi connectivity index (χ1v) is 9.93. The molecule has 1 amide bonds. The van der Waals surface area contributed by atoms with Gasteiger partial charge in [-0.1, -0.05) is 57.9 Å². The molecule has 2 aliphatic carbocycles. The number of hydrogen-bond donors (Lipinski definition) is 2. The Morgan fingerprint density at radius 2 is 1.73 bits per heavy atom. The van der Waals surface area contributed by atoms with Crippen LogP contribution in [-0.4, -0.2) is 16.1 Å². The smallest absolute Gasteiger partial charge is 0.227 e. The lowest BCUT2D eigenvalue weighted by molar-refractivity contribution is -0.119. The Morgan fingerprint density at radius 3 is 2.31 bits per heavy atom. The molecule has 138 valence electrons. The second-order valence-electron chi connectivity index (χ2n) is 8.93. The Labute approximate surface area is 155 Å². The van der Waals surface area contributed by atoms with Gasteiger partial charge in [-0.15, -0.1) is 0 Å². The largest absolute Gasteiger partial charge is 0.322 e. The van der Waals surface area contributed by atoms with E-state index in [1.165, 1.54) is 31.2 Å². The summed E-state index contributed by atoms with van der Waals surface area (Å²) in [5.41, 5.74) is 5.37. The lowest BCUT2D eigenvalue weighted by Crippen LogP contribution is -2.21. The number of benzene rings is 1. The van der Waals surface area contributed by atoms with E-state index in [2.05, 4.69) is 60.6 Å². The minimum atomic E-state index is 0.128. The molecule has 0 spiro atoms. The van der Waals surface area contributed by atoms with Crippen molar-refractivity contribution in [3.8, 4) is 11.3 Å². The summed E-state index contributed by atoms with van der Waals surface area (Å²) < 4.78 is 0. The molecule has 0 aliphatic heterocycles. The van der Waals surface area contributed by atoms with E-state index >= 15 is 0 Å². The van der Waals surface area contributed by atoms with Crippen LogP contribution in [0.5, 0.6) is 0 Å². The van der Waals surface area contributed by atoms with Crippen LogP contribution in [0.3, 0.4) is 0 Å². The number of aromatic nitrogens is 2. The number of nitrogens with one attached hydrogen (secondary N) is 2. The van der Waals surface area contributed by atoms with Gasteiger partial charge in [0.15, 0.2) is 0 Å². The highest BCUT2D eigenvalue weighted by Gasteiger charge is 2.32. The fraction of sp³-hybridized carbons (Fsp3) is 0.545. The van der Waals surface area contributed by atoms with E-state index in [9.17, 15) is 4.79 Å². The van der Waals surface area contributed by atoms with Gasteiger partial charge in [0.1, 0.15) is 5.69 Å². The fourth-order valence-corrected chi connectivity index (χ4v) is 3.90. The summed E-state index contributed by atoms with van der Waals surface area (Å²) in [5, 5.41) is 11.0. The normalized spacial score (nSPS) is 18.3. The number of aromatic amines is 1. The first-order chi connectivity index (χ1) is 12.4. The molecule has 0 bridgehead atoms. The van der Waals surface area contributed by atoms with Gasteiger partial charge in [0.2, 0.25) is 5.91 Å². The average Bonchev–Trinajstić information content (AvgIpc) is 3.14. The molecule has 2 fully saturated rings. The standard InChI is InChI=1S/C22H29N3O/c1-22(2,3)17-12-10-15(11-13-17)19-20(18(24-25-19)14-8-9-14)23-21(26)16-6-4-5-7-16/h10-14,16H,4-9H2,1-3H3,(H,23,26)(H,24,25). The van der Waals surface area contributed by atoms with Crippen molar-refractivity contribution in [1.82, 2.24) is 10.2 Å². The highest BCUT2D eigenvalue weighted by molar-refractivity contribution is 5.97. The minimum Gasteiger partial charge on any atom is -0.322 e. The molecule has 2 saturated carbocycles. The lowest BCUT2D eigenvalue weighted by atomic mass is 9.86. The topological polar surface area (TPSA) is 57.8 Å². The van der Waals surface area contributed by atoms with Gasteiger partial charge < -0.3 is 5.32 Å². The SMILES string of the molecule is CC(C)(C)c1ccc(-c2n[nH]c(C3CC3)c2NC(=O)C2CCCC2)cc1. The Balaban J connectivity index is 1.64. The highest BCUT2D eigenvalue weighted by atomic mass is 16.1. The minimum absolute atomic E-state index is 0.128. The third-order valence-electron chi connectivity index (χ3n) is 5.78. The Hall–Kier alpha value is -2.10. The predicted molar refractivity (Wildman–Crippen MR) is 105 cm³/mol. The molecule has 1 aromatic carbocycles. The van der Waals surface area contributed by atoms with E-state index < -0.39 is 0 Å². The van der Waals surface area contributed by atoms with Gasteiger partial charge in [-0.3, -0.25) is 9.89 Å². The van der Waals surface area contributed by atoms with Gasteiger partial charge in [0.05, 0.1) is 11.4 Å². The molecule has 0 saturated heterocycles. The van der Waals surface area contributed by atoms with E-state index in [-0.39, 0.29) is 17.2 Å². The summed E-state index contributed by atoms with van der Waals surface area (Å²) in [7, 11) is 0. The maximum absolute atomic E-state index is 12.7. The molecule has 4 heteroatoms. The molecular formula is C22H29N3O. The molecule has 4 rings (SSSR count). The molecular weight excluding hydrogens is 322 g/mol. The summed E-state index contributed by atoms with van der Waals surface area (Å²) in [6.07, 6.45) is 6.71. The Kier molecular flexibility index (Phi) is 4.37. The predicted octanol–water partition coefficient (Wildman–Crippen LogP) is 5.38. The number of nitrogens with zero attached hydrogens (tertiary/aromatic N) is 1. The van der Waals surface area contributed by atoms with Crippen LogP contribution in [0.25, 0.3) is 11.3 Å². The zero-order valence-electron chi connectivity index (χ0n) is 16.1. The van der Waals surface area contributed by atoms with Crippen LogP contribution in [0.4, 0.5) is 5.69 Å². The maximum atomic E-state index is 12.7. The first-order valence-electron chi connectivity index (χ1n) is 9.93. The molecule has 1 heterocycles. The molecule has 2 aromatic rings. The van der Waals surface area contributed by atoms with E-state index in [0.717, 1.165) is 35.5 Å². The van der Waals surface area contributed by atoms with Crippen molar-refractivity contribution in [2.45, 2.75) is 70.6 Å². The van der Waals surface area contributed by atoms with Gasteiger partial charge in [0, 0.05) is 17.4 Å². The van der Waals surface area contributed by atoms with E-state index in [1.807, 2.05) is 0 Å². The van der Waals surface area contributed by atoms with Crippen molar-refractivity contribution in [3.05, 3.63) is 35.5 Å². The second-order valence-corrected chi connectivity index (χ2v) is 8.93. The summed E-state index contributed by atoms with van der Waals surface area (Å²) in [6, 6.07) is 8.59. The number of hydrogen-bond acceptors (Lipinski definition) is 2. The van der Waals surface area contributed by atoms with Crippen LogP contribution in [0.2, 0.25) is 0 Å². The Bertz CT molecular complexity index is 788. The quantitative estimate of drug-likeness (QED) is 0.777. The second kappa shape index (κ2) is 6.57. The Morgan fingerprint density at radius 1 is 1.08 bits per heavy atom. The zero-order valence-corrected chi connectivity index (χ0v) is 16.1. The monoisotopic (exact) mass is 351 g/mol. The van der Waals surface area contributed by atoms with Gasteiger partial charge >= 0.3 is 0 Å². The van der Waals surface area contributed by atoms with Crippen LogP contribution in [-0.2, 0) is 10.2 Å². The molecule has 2 aliphatic rings. The van der Waals surface area contributed by atoms with Gasteiger partial charge in [0.25, 0.3) is 0 Å². The lowest BCUT2D eigenvalue weighted by Gasteiger charge is -2.19. The van der Waals surface area contributed by atoms with Crippen molar-refractivity contribution in [2.75, 3.05) is 5.32 Å². The molecule has 1 aromatic heterocycles. The van der Waals surface area contributed by atoms with Gasteiger partial charge in [-0.2, -0.15) is 5.10 Å². The summed E-state index contributed by atoms with van der Waals surface area (Å²) >= 11 is 0.